The molecule has 0 saturated heterocycles. The molecule has 3 rings (SSSR count). The molecule has 1 amide bonds. The molecule has 1 aliphatic heterocycles. The summed E-state index contributed by atoms with van der Waals surface area (Å²) in [4.78, 5) is 11.3. The van der Waals surface area contributed by atoms with Crippen molar-refractivity contribution in [3.63, 3.8) is 0 Å². The van der Waals surface area contributed by atoms with E-state index in [-0.39, 0.29) is 23.0 Å². The number of carbonyl (C=O) groups is 1. The van der Waals surface area contributed by atoms with Crippen LogP contribution in [0.1, 0.15) is 12.0 Å². The first-order valence-corrected chi connectivity index (χ1v) is 7.58. The number of hydrogen-bond acceptors (Lipinski definition) is 4. The Kier molecular flexibility index (Phi) is 3.13. The molecule has 0 spiro atoms. The maximum Gasteiger partial charge on any atom is 0.278 e. The molecular weight excluding hydrogens is 299 g/mol. The van der Waals surface area contributed by atoms with Crippen LogP contribution in [0.2, 0.25) is 0 Å². The fraction of sp³-hybridized carbons (Fsp3) is 0.167. The maximum absolute atomic E-state index is 14.0. The quantitative estimate of drug-likeness (QED) is 0.793. The number of sulfonamides is 1. The lowest BCUT2D eigenvalue weighted by molar-refractivity contribution is -0.116. The second-order valence-electron chi connectivity index (χ2n) is 4.56. The molecular formula is C12H11FN4O3S. The number of anilines is 2. The fourth-order valence-corrected chi connectivity index (χ4v) is 3.04. The van der Waals surface area contributed by atoms with Gasteiger partial charge in [0.15, 0.2) is 5.03 Å². The molecule has 0 bridgehead atoms. The molecule has 0 atom stereocenters. The minimum Gasteiger partial charge on any atom is -0.326 e. The first-order valence-electron chi connectivity index (χ1n) is 6.10. The van der Waals surface area contributed by atoms with Gasteiger partial charge in [0, 0.05) is 12.1 Å². The Hall–Kier alpha value is -2.42. The molecule has 1 aromatic carbocycles. The topological polar surface area (TPSA) is 104 Å². The Morgan fingerprint density at radius 1 is 1.29 bits per heavy atom. The number of rotatable bonds is 3. The van der Waals surface area contributed by atoms with Crippen molar-refractivity contribution in [2.75, 3.05) is 10.0 Å². The van der Waals surface area contributed by atoms with Crippen molar-refractivity contribution in [3.8, 4) is 0 Å². The molecule has 21 heavy (non-hydrogen) atoms. The number of halogens is 1. The van der Waals surface area contributed by atoms with E-state index in [4.69, 9.17) is 0 Å². The third kappa shape index (κ3) is 2.59. The summed E-state index contributed by atoms with van der Waals surface area (Å²) in [5.74, 6) is -0.885. The number of nitrogens with one attached hydrogen (secondary N) is 3. The number of H-pyrrole nitrogens is 1. The summed E-state index contributed by atoms with van der Waals surface area (Å²) >= 11 is 0. The van der Waals surface area contributed by atoms with Crippen LogP contribution in [0.5, 0.6) is 0 Å². The first-order chi connectivity index (χ1) is 9.95. The number of aromatic nitrogens is 2. The highest BCUT2D eigenvalue weighted by molar-refractivity contribution is 7.92. The summed E-state index contributed by atoms with van der Waals surface area (Å²) in [5, 5.41) is 8.24. The summed E-state index contributed by atoms with van der Waals surface area (Å²) in [7, 11) is -3.95. The fourth-order valence-electron chi connectivity index (χ4n) is 2.07. The van der Waals surface area contributed by atoms with Gasteiger partial charge < -0.3 is 5.32 Å². The monoisotopic (exact) mass is 310 g/mol. The summed E-state index contributed by atoms with van der Waals surface area (Å²) in [6.45, 7) is 0. The van der Waals surface area contributed by atoms with Gasteiger partial charge in [-0.25, -0.2) is 4.39 Å². The van der Waals surface area contributed by atoms with Crippen molar-refractivity contribution < 1.29 is 17.6 Å². The summed E-state index contributed by atoms with van der Waals surface area (Å²) in [5.41, 5.74) is 0.817. The van der Waals surface area contributed by atoms with Gasteiger partial charge in [0.05, 0.1) is 11.9 Å². The molecule has 0 aliphatic carbocycles. The highest BCUT2D eigenvalue weighted by Crippen LogP contribution is 2.29. The number of carbonyl (C=O) groups excluding carboxylic acids is 1. The van der Waals surface area contributed by atoms with Crippen LogP contribution in [-0.2, 0) is 21.2 Å². The van der Waals surface area contributed by atoms with Gasteiger partial charge in [0.2, 0.25) is 5.91 Å². The number of benzene rings is 1. The minimum atomic E-state index is -3.95. The van der Waals surface area contributed by atoms with Crippen molar-refractivity contribution in [2.24, 2.45) is 0 Å². The van der Waals surface area contributed by atoms with Gasteiger partial charge in [0.1, 0.15) is 5.82 Å². The number of aryl methyl sites for hydroxylation is 1. The Labute approximate surface area is 119 Å². The molecule has 3 N–H and O–H groups in total. The third-order valence-corrected chi connectivity index (χ3v) is 4.39. The lowest BCUT2D eigenvalue weighted by Gasteiger charge is -2.18. The van der Waals surface area contributed by atoms with E-state index in [0.717, 1.165) is 0 Å². The van der Waals surface area contributed by atoms with Crippen LogP contribution in [0, 0.1) is 5.82 Å². The van der Waals surface area contributed by atoms with Gasteiger partial charge in [-0.1, -0.05) is 0 Å². The number of fused-ring (bicyclic) bond motifs is 1. The molecule has 7 nitrogen and oxygen atoms in total. The predicted molar refractivity (Wildman–Crippen MR) is 72.7 cm³/mol. The largest absolute Gasteiger partial charge is 0.326 e. The second-order valence-corrected chi connectivity index (χ2v) is 6.21. The Bertz CT molecular complexity index is 802. The Morgan fingerprint density at radius 2 is 2.10 bits per heavy atom. The van der Waals surface area contributed by atoms with Crippen molar-refractivity contribution in [2.45, 2.75) is 17.9 Å². The predicted octanol–water partition coefficient (Wildman–Crippen LogP) is 1.23. The summed E-state index contributed by atoms with van der Waals surface area (Å²) in [6, 6.07) is 3.75. The number of nitrogens with zero attached hydrogens (tertiary/aromatic N) is 1. The van der Waals surface area contributed by atoms with Gasteiger partial charge in [-0.3, -0.25) is 14.6 Å². The lowest BCUT2D eigenvalue weighted by atomic mass is 10.0. The highest BCUT2D eigenvalue weighted by atomic mass is 32.2. The molecule has 1 aliphatic rings. The molecule has 0 radical (unpaired) electrons. The summed E-state index contributed by atoms with van der Waals surface area (Å²) < 4.78 is 40.1. The van der Waals surface area contributed by atoms with Gasteiger partial charge in [-0.05, 0) is 30.2 Å². The molecule has 0 fully saturated rings. The maximum atomic E-state index is 14.0. The lowest BCUT2D eigenvalue weighted by Crippen LogP contribution is -2.20. The van der Waals surface area contributed by atoms with E-state index in [1.165, 1.54) is 24.4 Å². The van der Waals surface area contributed by atoms with Crippen molar-refractivity contribution >= 4 is 27.3 Å². The second kappa shape index (κ2) is 4.85. The summed E-state index contributed by atoms with van der Waals surface area (Å²) in [6.07, 6.45) is 1.98. The Morgan fingerprint density at radius 3 is 2.81 bits per heavy atom. The van der Waals surface area contributed by atoms with Crippen LogP contribution in [0.25, 0.3) is 0 Å². The zero-order valence-corrected chi connectivity index (χ0v) is 11.5. The van der Waals surface area contributed by atoms with Crippen LogP contribution in [0.3, 0.4) is 0 Å². The van der Waals surface area contributed by atoms with E-state index in [1.807, 2.05) is 0 Å². The smallest absolute Gasteiger partial charge is 0.278 e. The van der Waals surface area contributed by atoms with Gasteiger partial charge in [0.25, 0.3) is 10.0 Å². The minimum absolute atomic E-state index is 0.177. The van der Waals surface area contributed by atoms with Crippen molar-refractivity contribution in [1.82, 2.24) is 10.2 Å². The molecule has 9 heteroatoms. The molecule has 2 aromatic rings. The molecule has 0 saturated carbocycles. The SMILES string of the molecule is O=C1CCc2cc(F)c(NS(=O)(=O)c3ccn[nH]3)cc2N1. The van der Waals surface area contributed by atoms with Crippen LogP contribution in [-0.4, -0.2) is 24.5 Å². The van der Waals surface area contributed by atoms with Crippen molar-refractivity contribution in [3.05, 3.63) is 35.8 Å². The van der Waals surface area contributed by atoms with E-state index in [1.54, 1.807) is 0 Å². The van der Waals surface area contributed by atoms with E-state index >= 15 is 0 Å². The van der Waals surface area contributed by atoms with E-state index < -0.39 is 15.8 Å². The van der Waals surface area contributed by atoms with E-state index in [2.05, 4.69) is 20.2 Å². The van der Waals surface area contributed by atoms with Crippen LogP contribution >= 0.6 is 0 Å². The van der Waals surface area contributed by atoms with E-state index in [0.29, 0.717) is 17.7 Å². The van der Waals surface area contributed by atoms with Gasteiger partial charge >= 0.3 is 0 Å². The average Bonchev–Trinajstić information content (AvgIpc) is 2.94. The normalized spacial score (nSPS) is 14.4. The number of hydrogen-bond donors (Lipinski definition) is 3. The molecule has 0 unspecified atom stereocenters. The van der Waals surface area contributed by atoms with Crippen LogP contribution < -0.4 is 10.0 Å². The van der Waals surface area contributed by atoms with Gasteiger partial charge in [-0.2, -0.15) is 13.5 Å². The van der Waals surface area contributed by atoms with Gasteiger partial charge in [-0.15, -0.1) is 0 Å². The zero-order chi connectivity index (χ0) is 15.0. The molecule has 1 aromatic heterocycles. The van der Waals surface area contributed by atoms with E-state index in [9.17, 15) is 17.6 Å². The third-order valence-electron chi connectivity index (χ3n) is 3.10. The average molecular weight is 310 g/mol. The van der Waals surface area contributed by atoms with Crippen LogP contribution in [0.15, 0.2) is 29.4 Å². The zero-order valence-electron chi connectivity index (χ0n) is 10.7. The van der Waals surface area contributed by atoms with Crippen LogP contribution in [0.4, 0.5) is 15.8 Å². The van der Waals surface area contributed by atoms with Crippen molar-refractivity contribution in [1.29, 1.82) is 0 Å². The molecule has 2 heterocycles. The number of aromatic amines is 1. The standard InChI is InChI=1S/C12H11FN4O3S/c13-8-5-7-1-2-11(18)15-9(7)6-10(8)17-21(19,20)12-3-4-14-16-12/h3-6,17H,1-2H2,(H,14,16)(H,15,18). The highest BCUT2D eigenvalue weighted by Gasteiger charge is 2.21. The number of amides is 1. The Balaban J connectivity index is 1.96. The molecule has 110 valence electrons. The first kappa shape index (κ1) is 13.6.